The van der Waals surface area contributed by atoms with Gasteiger partial charge in [0.2, 0.25) is 0 Å². The highest BCUT2D eigenvalue weighted by Gasteiger charge is 1.90. The fraction of sp³-hybridized carbons (Fsp3) is 0.818. The van der Waals surface area contributed by atoms with Gasteiger partial charge in [-0.2, -0.15) is 0 Å². The summed E-state index contributed by atoms with van der Waals surface area (Å²) in [5.74, 6) is 2.56. The van der Waals surface area contributed by atoms with Gasteiger partial charge in [-0.1, -0.05) is 26.7 Å². The molecule has 0 aromatic carbocycles. The highest BCUT2D eigenvalue weighted by Crippen LogP contribution is 2.20. The van der Waals surface area contributed by atoms with Gasteiger partial charge in [0.25, 0.3) is 0 Å². The lowest BCUT2D eigenvalue weighted by molar-refractivity contribution is 0.897. The van der Waals surface area contributed by atoms with Gasteiger partial charge >= 0.3 is 0 Å². The van der Waals surface area contributed by atoms with Crippen LogP contribution < -0.4 is 0 Å². The van der Waals surface area contributed by atoms with Gasteiger partial charge in [-0.05, 0) is 41.6 Å². The van der Waals surface area contributed by atoms with Gasteiger partial charge in [-0.3, -0.25) is 0 Å². The van der Waals surface area contributed by atoms with Crippen molar-refractivity contribution in [2.45, 2.75) is 46.5 Å². The average Bonchev–Trinajstić information content (AvgIpc) is 2.13. The SMILES string of the molecule is CCCCS/C=C(/C)SCCCC. The van der Waals surface area contributed by atoms with Gasteiger partial charge < -0.3 is 0 Å². The van der Waals surface area contributed by atoms with Crippen molar-refractivity contribution in [3.05, 3.63) is 10.3 Å². The van der Waals surface area contributed by atoms with E-state index in [4.69, 9.17) is 0 Å². The van der Waals surface area contributed by atoms with Crippen molar-refractivity contribution >= 4 is 23.5 Å². The van der Waals surface area contributed by atoms with E-state index >= 15 is 0 Å². The zero-order valence-electron chi connectivity index (χ0n) is 9.14. The molecule has 0 fully saturated rings. The number of allylic oxidation sites excluding steroid dienone is 1. The third-order valence-electron chi connectivity index (χ3n) is 1.69. The molecular weight excluding hydrogens is 196 g/mol. The smallest absolute Gasteiger partial charge is 0.00233 e. The number of hydrogen-bond acceptors (Lipinski definition) is 2. The van der Waals surface area contributed by atoms with E-state index in [-0.39, 0.29) is 0 Å². The van der Waals surface area contributed by atoms with Crippen molar-refractivity contribution in [3.8, 4) is 0 Å². The molecule has 0 aromatic rings. The summed E-state index contributed by atoms with van der Waals surface area (Å²) in [5, 5.41) is 2.32. The van der Waals surface area contributed by atoms with Crippen LogP contribution in [0.3, 0.4) is 0 Å². The minimum atomic E-state index is 1.28. The van der Waals surface area contributed by atoms with Gasteiger partial charge in [-0.25, -0.2) is 0 Å². The Labute approximate surface area is 91.9 Å². The lowest BCUT2D eigenvalue weighted by Gasteiger charge is -1.99. The van der Waals surface area contributed by atoms with E-state index in [2.05, 4.69) is 26.2 Å². The number of hydrogen-bond donors (Lipinski definition) is 0. The van der Waals surface area contributed by atoms with Crippen LogP contribution in [0.4, 0.5) is 0 Å². The fourth-order valence-corrected chi connectivity index (χ4v) is 2.85. The summed E-state index contributed by atoms with van der Waals surface area (Å²) < 4.78 is 0. The minimum Gasteiger partial charge on any atom is -0.133 e. The predicted octanol–water partition coefficient (Wildman–Crippen LogP) is 4.91. The van der Waals surface area contributed by atoms with Crippen molar-refractivity contribution in [3.63, 3.8) is 0 Å². The first kappa shape index (κ1) is 13.4. The van der Waals surface area contributed by atoms with Gasteiger partial charge in [0.15, 0.2) is 0 Å². The summed E-state index contributed by atoms with van der Waals surface area (Å²) in [6.45, 7) is 6.71. The number of thioether (sulfide) groups is 2. The summed E-state index contributed by atoms with van der Waals surface area (Å²) in [4.78, 5) is 1.48. The normalized spacial score (nSPS) is 12.1. The molecule has 0 radical (unpaired) electrons. The van der Waals surface area contributed by atoms with E-state index in [1.165, 1.54) is 42.1 Å². The van der Waals surface area contributed by atoms with E-state index in [1.807, 2.05) is 23.5 Å². The van der Waals surface area contributed by atoms with E-state index in [1.54, 1.807) is 0 Å². The second-order valence-electron chi connectivity index (χ2n) is 3.15. The Morgan fingerprint density at radius 1 is 1.08 bits per heavy atom. The summed E-state index contributed by atoms with van der Waals surface area (Å²) in [7, 11) is 0. The first-order valence-electron chi connectivity index (χ1n) is 5.22. The molecule has 0 unspecified atom stereocenters. The summed E-state index contributed by atoms with van der Waals surface area (Å²) in [5.41, 5.74) is 0. The van der Waals surface area contributed by atoms with Crippen LogP contribution in [0.2, 0.25) is 0 Å². The molecule has 0 aliphatic rings. The van der Waals surface area contributed by atoms with Crippen LogP contribution in [-0.2, 0) is 0 Å². The Morgan fingerprint density at radius 2 is 1.69 bits per heavy atom. The summed E-state index contributed by atoms with van der Waals surface area (Å²) >= 11 is 3.96. The molecule has 0 aliphatic heterocycles. The van der Waals surface area contributed by atoms with Crippen molar-refractivity contribution in [2.75, 3.05) is 11.5 Å². The Bertz CT molecular complexity index is 130. The third kappa shape index (κ3) is 10.4. The van der Waals surface area contributed by atoms with E-state index in [0.29, 0.717) is 0 Å². The van der Waals surface area contributed by atoms with Gasteiger partial charge in [0.1, 0.15) is 0 Å². The first-order chi connectivity index (χ1) is 6.31. The quantitative estimate of drug-likeness (QED) is 0.531. The Kier molecular flexibility index (Phi) is 10.9. The molecule has 0 aromatic heterocycles. The molecule has 0 saturated heterocycles. The minimum absolute atomic E-state index is 1.28. The standard InChI is InChI=1S/C11H22S2/c1-4-6-8-12-10-11(3)13-9-7-5-2/h10H,4-9H2,1-3H3/b11-10-. The molecule has 78 valence electrons. The van der Waals surface area contributed by atoms with Crippen LogP contribution in [-0.4, -0.2) is 11.5 Å². The lowest BCUT2D eigenvalue weighted by Crippen LogP contribution is -1.78. The van der Waals surface area contributed by atoms with Crippen LogP contribution in [0, 0.1) is 0 Å². The van der Waals surface area contributed by atoms with Crippen LogP contribution in [0.25, 0.3) is 0 Å². The molecule has 0 nitrogen and oxygen atoms in total. The Hall–Kier alpha value is 0.440. The molecule has 0 amide bonds. The highest BCUT2D eigenvalue weighted by atomic mass is 32.2. The second-order valence-corrected chi connectivity index (χ2v) is 5.47. The Balaban J connectivity index is 3.29. The van der Waals surface area contributed by atoms with Crippen molar-refractivity contribution in [1.82, 2.24) is 0 Å². The molecule has 0 atom stereocenters. The molecule has 2 heteroatoms. The molecule has 0 rings (SSSR count). The molecule has 13 heavy (non-hydrogen) atoms. The van der Waals surface area contributed by atoms with Crippen LogP contribution in [0.1, 0.15) is 46.5 Å². The molecule has 0 spiro atoms. The van der Waals surface area contributed by atoms with E-state index in [0.717, 1.165) is 0 Å². The van der Waals surface area contributed by atoms with Gasteiger partial charge in [0.05, 0.1) is 0 Å². The maximum absolute atomic E-state index is 2.32. The first-order valence-corrected chi connectivity index (χ1v) is 7.25. The van der Waals surface area contributed by atoms with Gasteiger partial charge in [0, 0.05) is 0 Å². The Morgan fingerprint density at radius 3 is 2.31 bits per heavy atom. The largest absolute Gasteiger partial charge is 0.133 e. The second kappa shape index (κ2) is 10.5. The maximum Gasteiger partial charge on any atom is -0.00233 e. The zero-order valence-corrected chi connectivity index (χ0v) is 10.8. The highest BCUT2D eigenvalue weighted by molar-refractivity contribution is 8.06. The summed E-state index contributed by atoms with van der Waals surface area (Å²) in [6.07, 6.45) is 5.30. The number of unbranched alkanes of at least 4 members (excludes halogenated alkanes) is 2. The molecule has 0 N–H and O–H groups in total. The van der Waals surface area contributed by atoms with E-state index < -0.39 is 0 Å². The van der Waals surface area contributed by atoms with Crippen LogP contribution in [0.15, 0.2) is 10.3 Å². The topological polar surface area (TPSA) is 0 Å². The van der Waals surface area contributed by atoms with E-state index in [9.17, 15) is 0 Å². The lowest BCUT2D eigenvalue weighted by atomic mass is 10.4. The number of rotatable bonds is 8. The molecular formula is C11H22S2. The van der Waals surface area contributed by atoms with Crippen molar-refractivity contribution < 1.29 is 0 Å². The molecule has 0 aliphatic carbocycles. The third-order valence-corrected chi connectivity index (χ3v) is 3.95. The predicted molar refractivity (Wildman–Crippen MR) is 68.5 cm³/mol. The maximum atomic E-state index is 2.32. The average molecular weight is 218 g/mol. The van der Waals surface area contributed by atoms with Crippen LogP contribution >= 0.6 is 23.5 Å². The molecule has 0 heterocycles. The monoisotopic (exact) mass is 218 g/mol. The van der Waals surface area contributed by atoms with Gasteiger partial charge in [-0.15, -0.1) is 23.5 Å². The molecule has 0 bridgehead atoms. The fourth-order valence-electron chi connectivity index (χ4n) is 0.815. The molecule has 0 saturated carbocycles. The van der Waals surface area contributed by atoms with Crippen molar-refractivity contribution in [1.29, 1.82) is 0 Å². The van der Waals surface area contributed by atoms with Crippen LogP contribution in [0.5, 0.6) is 0 Å². The summed E-state index contributed by atoms with van der Waals surface area (Å²) in [6, 6.07) is 0. The van der Waals surface area contributed by atoms with Crippen molar-refractivity contribution in [2.24, 2.45) is 0 Å². The zero-order chi connectivity index (χ0) is 9.94.